The number of nitrogens with one attached hydrogen (secondary N) is 1. The number of pyridine rings is 1. The van der Waals surface area contributed by atoms with Crippen molar-refractivity contribution in [3.8, 4) is 11.5 Å². The number of amides is 1. The van der Waals surface area contributed by atoms with Crippen LogP contribution in [-0.4, -0.2) is 32.2 Å². The van der Waals surface area contributed by atoms with E-state index in [0.717, 1.165) is 0 Å². The standard InChI is InChI=1S/C13H10N2O5/c16-8-4-2-5-9(17)11(8)12(18)15-10-6-1-3-7(14-10)13(19)20/h1-6,16-17H,(H,19,20)(H,14,15,18). The average Bonchev–Trinajstić information content (AvgIpc) is 2.38. The molecule has 1 aromatic carbocycles. The molecule has 0 saturated heterocycles. The molecule has 1 aromatic heterocycles. The lowest BCUT2D eigenvalue weighted by molar-refractivity contribution is 0.0690. The van der Waals surface area contributed by atoms with Crippen molar-refractivity contribution in [2.75, 3.05) is 5.32 Å². The van der Waals surface area contributed by atoms with Crippen LogP contribution in [0.5, 0.6) is 11.5 Å². The number of aromatic hydroxyl groups is 2. The van der Waals surface area contributed by atoms with Gasteiger partial charge in [-0.25, -0.2) is 9.78 Å². The molecule has 1 amide bonds. The minimum Gasteiger partial charge on any atom is -0.507 e. The smallest absolute Gasteiger partial charge is 0.354 e. The van der Waals surface area contributed by atoms with Crippen molar-refractivity contribution >= 4 is 17.7 Å². The lowest BCUT2D eigenvalue weighted by Gasteiger charge is -2.08. The number of hydrogen-bond acceptors (Lipinski definition) is 5. The fourth-order valence-corrected chi connectivity index (χ4v) is 1.56. The van der Waals surface area contributed by atoms with Gasteiger partial charge in [0.25, 0.3) is 5.91 Å². The SMILES string of the molecule is O=C(O)c1cccc(NC(=O)c2c(O)cccc2O)n1. The van der Waals surface area contributed by atoms with Gasteiger partial charge in [-0.1, -0.05) is 12.1 Å². The maximum atomic E-state index is 11.9. The number of nitrogens with zero attached hydrogens (tertiary/aromatic N) is 1. The lowest BCUT2D eigenvalue weighted by atomic mass is 10.1. The number of carbonyl (C=O) groups excluding carboxylic acids is 1. The first-order chi connectivity index (χ1) is 9.49. The number of aromatic carboxylic acids is 1. The second-order valence-electron chi connectivity index (χ2n) is 3.84. The van der Waals surface area contributed by atoms with Crippen molar-refractivity contribution in [3.05, 3.63) is 47.7 Å². The molecule has 0 aliphatic rings. The number of anilines is 1. The Kier molecular flexibility index (Phi) is 3.52. The highest BCUT2D eigenvalue weighted by atomic mass is 16.4. The monoisotopic (exact) mass is 274 g/mol. The largest absolute Gasteiger partial charge is 0.507 e. The zero-order chi connectivity index (χ0) is 14.7. The van der Waals surface area contributed by atoms with Gasteiger partial charge in [-0.2, -0.15) is 0 Å². The summed E-state index contributed by atoms with van der Waals surface area (Å²) < 4.78 is 0. The zero-order valence-electron chi connectivity index (χ0n) is 10.1. The highest BCUT2D eigenvalue weighted by molar-refractivity contribution is 6.07. The van der Waals surface area contributed by atoms with E-state index in [4.69, 9.17) is 5.11 Å². The molecule has 20 heavy (non-hydrogen) atoms. The quantitative estimate of drug-likeness (QED) is 0.672. The maximum Gasteiger partial charge on any atom is 0.354 e. The molecular weight excluding hydrogens is 264 g/mol. The second kappa shape index (κ2) is 5.27. The van der Waals surface area contributed by atoms with Crippen LogP contribution < -0.4 is 5.32 Å². The summed E-state index contributed by atoms with van der Waals surface area (Å²) in [5, 5.41) is 30.2. The van der Waals surface area contributed by atoms with E-state index >= 15 is 0 Å². The summed E-state index contributed by atoms with van der Waals surface area (Å²) in [5.74, 6) is -2.81. The normalized spacial score (nSPS) is 10.0. The Morgan fingerprint density at radius 2 is 1.60 bits per heavy atom. The Labute approximate surface area is 113 Å². The summed E-state index contributed by atoms with van der Waals surface area (Å²) in [6.07, 6.45) is 0. The third-order valence-corrected chi connectivity index (χ3v) is 2.46. The molecule has 4 N–H and O–H groups in total. The number of phenols is 2. The number of carboxylic acid groups (broad SMARTS) is 1. The van der Waals surface area contributed by atoms with Crippen LogP contribution in [0.25, 0.3) is 0 Å². The summed E-state index contributed by atoms with van der Waals surface area (Å²) in [7, 11) is 0. The highest BCUT2D eigenvalue weighted by Gasteiger charge is 2.17. The van der Waals surface area contributed by atoms with Gasteiger partial charge < -0.3 is 20.6 Å². The molecule has 0 aliphatic heterocycles. The van der Waals surface area contributed by atoms with Crippen LogP contribution >= 0.6 is 0 Å². The Hall–Kier alpha value is -3.09. The lowest BCUT2D eigenvalue weighted by Crippen LogP contribution is -2.14. The van der Waals surface area contributed by atoms with Gasteiger partial charge in [-0.15, -0.1) is 0 Å². The van der Waals surface area contributed by atoms with Crippen LogP contribution in [0.15, 0.2) is 36.4 Å². The minimum atomic E-state index is -1.23. The molecule has 0 fully saturated rings. The molecule has 7 heteroatoms. The molecule has 0 unspecified atom stereocenters. The number of hydrogen-bond donors (Lipinski definition) is 4. The van der Waals surface area contributed by atoms with E-state index in [1.54, 1.807) is 0 Å². The molecule has 102 valence electrons. The average molecular weight is 274 g/mol. The van der Waals surface area contributed by atoms with Crippen molar-refractivity contribution in [1.82, 2.24) is 4.98 Å². The number of carbonyl (C=O) groups is 2. The van der Waals surface area contributed by atoms with E-state index in [1.807, 2.05) is 0 Å². The molecule has 2 aromatic rings. The Morgan fingerprint density at radius 1 is 1.00 bits per heavy atom. The van der Waals surface area contributed by atoms with Gasteiger partial charge in [0.05, 0.1) is 0 Å². The minimum absolute atomic E-state index is 0.00227. The van der Waals surface area contributed by atoms with E-state index in [9.17, 15) is 19.8 Å². The third kappa shape index (κ3) is 2.66. The Balaban J connectivity index is 2.28. The van der Waals surface area contributed by atoms with Crippen molar-refractivity contribution in [1.29, 1.82) is 0 Å². The third-order valence-electron chi connectivity index (χ3n) is 2.46. The van der Waals surface area contributed by atoms with Crippen LogP contribution in [0, 0.1) is 0 Å². The summed E-state index contributed by atoms with van der Waals surface area (Å²) >= 11 is 0. The van der Waals surface area contributed by atoms with Crippen molar-refractivity contribution in [3.63, 3.8) is 0 Å². The van der Waals surface area contributed by atoms with Crippen molar-refractivity contribution < 1.29 is 24.9 Å². The van der Waals surface area contributed by atoms with Gasteiger partial charge in [0.1, 0.15) is 22.9 Å². The fraction of sp³-hybridized carbons (Fsp3) is 0. The van der Waals surface area contributed by atoms with E-state index in [0.29, 0.717) is 0 Å². The van der Waals surface area contributed by atoms with Gasteiger partial charge in [0, 0.05) is 0 Å². The van der Waals surface area contributed by atoms with Crippen LogP contribution in [-0.2, 0) is 0 Å². The first-order valence-corrected chi connectivity index (χ1v) is 5.51. The predicted octanol–water partition coefficient (Wildman–Crippen LogP) is 1.44. The maximum absolute atomic E-state index is 11.9. The van der Waals surface area contributed by atoms with Crippen LogP contribution in [0.4, 0.5) is 5.82 Å². The number of phenolic OH excluding ortho intramolecular Hbond substituents is 2. The van der Waals surface area contributed by atoms with Crippen molar-refractivity contribution in [2.24, 2.45) is 0 Å². The second-order valence-corrected chi connectivity index (χ2v) is 3.84. The first-order valence-electron chi connectivity index (χ1n) is 5.51. The van der Waals surface area contributed by atoms with Gasteiger partial charge in [-0.05, 0) is 24.3 Å². The fourth-order valence-electron chi connectivity index (χ4n) is 1.56. The molecule has 1 heterocycles. The number of aromatic nitrogens is 1. The topological polar surface area (TPSA) is 120 Å². The summed E-state index contributed by atoms with van der Waals surface area (Å²) in [4.78, 5) is 26.4. The summed E-state index contributed by atoms with van der Waals surface area (Å²) in [5.41, 5.74) is -0.542. The van der Waals surface area contributed by atoms with Gasteiger partial charge in [-0.3, -0.25) is 4.79 Å². The molecule has 0 atom stereocenters. The number of benzene rings is 1. The zero-order valence-corrected chi connectivity index (χ0v) is 10.1. The summed E-state index contributed by atoms with van der Waals surface area (Å²) in [6.45, 7) is 0. The van der Waals surface area contributed by atoms with Gasteiger partial charge in [0.2, 0.25) is 0 Å². The van der Waals surface area contributed by atoms with Gasteiger partial charge >= 0.3 is 5.97 Å². The molecule has 2 rings (SSSR count). The molecular formula is C13H10N2O5. The molecule has 0 spiro atoms. The number of carboxylic acids is 1. The molecule has 0 aliphatic carbocycles. The Morgan fingerprint density at radius 3 is 2.20 bits per heavy atom. The van der Waals surface area contributed by atoms with Gasteiger partial charge in [0.15, 0.2) is 5.69 Å². The van der Waals surface area contributed by atoms with Crippen LogP contribution in [0.2, 0.25) is 0 Å². The van der Waals surface area contributed by atoms with E-state index in [-0.39, 0.29) is 17.1 Å². The molecule has 7 nitrogen and oxygen atoms in total. The molecule has 0 bridgehead atoms. The van der Waals surface area contributed by atoms with Crippen LogP contribution in [0.1, 0.15) is 20.8 Å². The molecule has 0 saturated carbocycles. The highest BCUT2D eigenvalue weighted by Crippen LogP contribution is 2.26. The first kappa shape index (κ1) is 13.3. The van der Waals surface area contributed by atoms with E-state index in [2.05, 4.69) is 10.3 Å². The van der Waals surface area contributed by atoms with E-state index in [1.165, 1.54) is 36.4 Å². The van der Waals surface area contributed by atoms with E-state index < -0.39 is 23.4 Å². The Bertz CT molecular complexity index is 664. The number of rotatable bonds is 3. The predicted molar refractivity (Wildman–Crippen MR) is 68.9 cm³/mol. The van der Waals surface area contributed by atoms with Crippen LogP contribution in [0.3, 0.4) is 0 Å². The van der Waals surface area contributed by atoms with Crippen molar-refractivity contribution in [2.45, 2.75) is 0 Å². The summed E-state index contributed by atoms with van der Waals surface area (Å²) in [6, 6.07) is 7.95. The molecule has 0 radical (unpaired) electrons.